The van der Waals surface area contributed by atoms with Crippen molar-refractivity contribution in [2.24, 2.45) is 23.7 Å². The summed E-state index contributed by atoms with van der Waals surface area (Å²) < 4.78 is 0. The summed E-state index contributed by atoms with van der Waals surface area (Å²) >= 11 is 11.1. The van der Waals surface area contributed by atoms with Crippen LogP contribution in [0.1, 0.15) is 62.5 Å². The minimum atomic E-state index is 0.586. The molecule has 0 heterocycles. The Morgan fingerprint density at radius 3 is 1.63 bits per heavy atom. The van der Waals surface area contributed by atoms with E-state index in [0.29, 0.717) is 12.1 Å². The van der Waals surface area contributed by atoms with Gasteiger partial charge in [-0.15, -0.1) is 0 Å². The summed E-state index contributed by atoms with van der Waals surface area (Å²) in [5.41, 5.74) is 2.50. The monoisotopic (exact) mass is 442 g/mol. The van der Waals surface area contributed by atoms with Crippen LogP contribution in [0.4, 0.5) is 0 Å². The Kier molecular flexibility index (Phi) is 6.15. The average Bonchev–Trinajstić information content (AvgIpc) is 3.53. The number of thiocarbonyl (C=S) groups is 2. The highest BCUT2D eigenvalue weighted by molar-refractivity contribution is 7.80. The Morgan fingerprint density at radius 2 is 1.23 bits per heavy atom. The molecule has 4 aliphatic rings. The van der Waals surface area contributed by atoms with Crippen molar-refractivity contribution < 1.29 is 0 Å². The molecule has 0 amide bonds. The van der Waals surface area contributed by atoms with Crippen molar-refractivity contribution in [3.63, 3.8) is 0 Å². The number of hydrogen-bond donors (Lipinski definition) is 4. The summed E-state index contributed by atoms with van der Waals surface area (Å²) in [5, 5.41) is 15.5. The Balaban J connectivity index is 1.04. The van der Waals surface area contributed by atoms with Crippen molar-refractivity contribution in [2.75, 3.05) is 0 Å². The van der Waals surface area contributed by atoms with Gasteiger partial charge in [-0.3, -0.25) is 0 Å². The van der Waals surface area contributed by atoms with Crippen LogP contribution in [-0.2, 0) is 13.1 Å². The van der Waals surface area contributed by atoms with E-state index in [1.165, 1.54) is 62.5 Å². The first-order chi connectivity index (χ1) is 14.6. The van der Waals surface area contributed by atoms with Gasteiger partial charge in [-0.25, -0.2) is 0 Å². The van der Waals surface area contributed by atoms with E-state index in [1.807, 2.05) is 0 Å². The first-order valence-corrected chi connectivity index (χ1v) is 12.6. The highest BCUT2D eigenvalue weighted by Crippen LogP contribution is 2.45. The van der Waals surface area contributed by atoms with Gasteiger partial charge in [-0.2, -0.15) is 0 Å². The Hall–Kier alpha value is -1.40. The third-order valence-corrected chi connectivity index (χ3v) is 8.53. The fourth-order valence-electron chi connectivity index (χ4n) is 6.50. The smallest absolute Gasteiger partial charge is 0.166 e. The lowest BCUT2D eigenvalue weighted by Gasteiger charge is -2.25. The minimum absolute atomic E-state index is 0.586. The standard InChI is InChI=1S/C24H34N4S2/c29-23(27-21-11-15-4-6-19(21)9-15)25-13-17-2-1-3-18(8-17)14-26-24(30)28-22-12-16-5-7-20(22)10-16/h1-3,8,15-16,19-22H,4-7,9-14H2,(H2,25,27,29)(H2,26,28,30)/t15-,16-,19-,20-,21-,22+/m1/s1. The molecule has 4 fully saturated rings. The molecule has 4 nitrogen and oxygen atoms in total. The maximum Gasteiger partial charge on any atom is 0.166 e. The number of benzene rings is 1. The molecule has 6 atom stereocenters. The van der Waals surface area contributed by atoms with Crippen molar-refractivity contribution in [3.05, 3.63) is 35.4 Å². The van der Waals surface area contributed by atoms with Crippen LogP contribution in [0.3, 0.4) is 0 Å². The minimum Gasteiger partial charge on any atom is -0.360 e. The zero-order chi connectivity index (χ0) is 20.5. The van der Waals surface area contributed by atoms with Crippen LogP contribution in [0, 0.1) is 23.7 Å². The summed E-state index contributed by atoms with van der Waals surface area (Å²) in [7, 11) is 0. The molecule has 1 aromatic rings. The van der Waals surface area contributed by atoms with E-state index in [0.717, 1.165) is 47.0 Å². The topological polar surface area (TPSA) is 48.1 Å². The van der Waals surface area contributed by atoms with Crippen LogP contribution in [-0.4, -0.2) is 22.3 Å². The molecule has 0 saturated heterocycles. The van der Waals surface area contributed by atoms with E-state index in [4.69, 9.17) is 24.4 Å². The van der Waals surface area contributed by atoms with Crippen molar-refractivity contribution in [2.45, 2.75) is 76.5 Å². The van der Waals surface area contributed by atoms with Gasteiger partial charge in [0.1, 0.15) is 0 Å². The third-order valence-electron chi connectivity index (χ3n) is 8.01. The van der Waals surface area contributed by atoms with Gasteiger partial charge < -0.3 is 21.3 Å². The van der Waals surface area contributed by atoms with Crippen molar-refractivity contribution in [1.82, 2.24) is 21.3 Å². The normalized spacial score (nSPS) is 33.5. The largest absolute Gasteiger partial charge is 0.360 e. The first kappa shape index (κ1) is 20.5. The highest BCUT2D eigenvalue weighted by atomic mass is 32.1. The second-order valence-corrected chi connectivity index (χ2v) is 10.9. The van der Waals surface area contributed by atoms with E-state index in [-0.39, 0.29) is 0 Å². The third kappa shape index (κ3) is 4.75. The van der Waals surface area contributed by atoms with Gasteiger partial charge in [0.2, 0.25) is 0 Å². The maximum atomic E-state index is 5.55. The predicted molar refractivity (Wildman–Crippen MR) is 130 cm³/mol. The Labute approximate surface area is 191 Å². The van der Waals surface area contributed by atoms with E-state index < -0.39 is 0 Å². The Morgan fingerprint density at radius 1 is 0.733 bits per heavy atom. The lowest BCUT2D eigenvalue weighted by Crippen LogP contribution is -2.44. The summed E-state index contributed by atoms with van der Waals surface area (Å²) in [5.74, 6) is 3.54. The molecule has 1 aromatic carbocycles. The fraction of sp³-hybridized carbons (Fsp3) is 0.667. The lowest BCUT2D eigenvalue weighted by molar-refractivity contribution is 0.389. The molecule has 0 spiro atoms. The van der Waals surface area contributed by atoms with Gasteiger partial charge in [0, 0.05) is 25.2 Å². The molecule has 30 heavy (non-hydrogen) atoms. The van der Waals surface area contributed by atoms with Crippen LogP contribution in [0.25, 0.3) is 0 Å². The number of nitrogens with one attached hydrogen (secondary N) is 4. The molecule has 0 radical (unpaired) electrons. The highest BCUT2D eigenvalue weighted by Gasteiger charge is 2.40. The van der Waals surface area contributed by atoms with Gasteiger partial charge in [0.05, 0.1) is 0 Å². The van der Waals surface area contributed by atoms with E-state index in [1.54, 1.807) is 0 Å². The molecule has 4 aliphatic carbocycles. The molecule has 4 N–H and O–H groups in total. The molecular formula is C24H34N4S2. The van der Waals surface area contributed by atoms with E-state index in [9.17, 15) is 0 Å². The quantitative estimate of drug-likeness (QED) is 0.500. The molecule has 6 heteroatoms. The second-order valence-electron chi connectivity index (χ2n) is 10.0. The first-order valence-electron chi connectivity index (χ1n) is 11.8. The number of fused-ring (bicyclic) bond motifs is 4. The van der Waals surface area contributed by atoms with Crippen LogP contribution in [0.2, 0.25) is 0 Å². The summed E-state index contributed by atoms with van der Waals surface area (Å²) in [4.78, 5) is 0. The van der Waals surface area contributed by atoms with Gasteiger partial charge in [0.15, 0.2) is 10.2 Å². The van der Waals surface area contributed by atoms with Gasteiger partial charge in [0.25, 0.3) is 0 Å². The van der Waals surface area contributed by atoms with Crippen molar-refractivity contribution >= 4 is 34.7 Å². The molecule has 0 aromatic heterocycles. The molecule has 162 valence electrons. The fourth-order valence-corrected chi connectivity index (χ4v) is 6.94. The predicted octanol–water partition coefficient (Wildman–Crippen LogP) is 3.99. The summed E-state index contributed by atoms with van der Waals surface area (Å²) in [6.07, 6.45) is 11.0. The molecule has 4 bridgehead atoms. The number of rotatable bonds is 6. The lowest BCUT2D eigenvalue weighted by atomic mass is 9.95. The van der Waals surface area contributed by atoms with Crippen LogP contribution >= 0.6 is 24.4 Å². The van der Waals surface area contributed by atoms with Gasteiger partial charge in [-0.1, -0.05) is 37.1 Å². The van der Waals surface area contributed by atoms with Crippen LogP contribution < -0.4 is 21.3 Å². The SMILES string of the molecule is S=C(NCc1cccc(CNC(=S)N[C@@H]2C[C@@H]3CC[C@@H]2C3)c1)N[C@H]1C[C@@H]2CC[C@@H]1C2. The van der Waals surface area contributed by atoms with Gasteiger partial charge >= 0.3 is 0 Å². The summed E-state index contributed by atoms with van der Waals surface area (Å²) in [6.45, 7) is 1.52. The molecule has 4 saturated carbocycles. The van der Waals surface area contributed by atoms with E-state index >= 15 is 0 Å². The zero-order valence-corrected chi connectivity index (χ0v) is 19.3. The summed E-state index contributed by atoms with van der Waals surface area (Å²) in [6, 6.07) is 9.84. The molecule has 0 unspecified atom stereocenters. The van der Waals surface area contributed by atoms with Gasteiger partial charge in [-0.05, 0) is 97.8 Å². The molecular weight excluding hydrogens is 408 g/mol. The molecule has 5 rings (SSSR count). The number of hydrogen-bond acceptors (Lipinski definition) is 2. The maximum absolute atomic E-state index is 5.55. The van der Waals surface area contributed by atoms with Crippen molar-refractivity contribution in [3.8, 4) is 0 Å². The molecule has 0 aliphatic heterocycles. The second kappa shape index (κ2) is 8.99. The Bertz CT molecular complexity index is 736. The van der Waals surface area contributed by atoms with E-state index in [2.05, 4.69) is 45.5 Å². The average molecular weight is 443 g/mol. The van der Waals surface area contributed by atoms with Crippen LogP contribution in [0.15, 0.2) is 24.3 Å². The van der Waals surface area contributed by atoms with Crippen molar-refractivity contribution in [1.29, 1.82) is 0 Å². The zero-order valence-electron chi connectivity index (χ0n) is 17.7. The van der Waals surface area contributed by atoms with Crippen LogP contribution in [0.5, 0.6) is 0 Å².